The summed E-state index contributed by atoms with van der Waals surface area (Å²) in [6.45, 7) is 4.16. The smallest absolute Gasteiger partial charge is 0.266 e. The zero-order chi connectivity index (χ0) is 16.3. The number of nitrogens with two attached hydrogens (primary N) is 1. The number of aromatic amines is 1. The Labute approximate surface area is 133 Å². The van der Waals surface area contributed by atoms with Crippen LogP contribution in [0.3, 0.4) is 0 Å². The van der Waals surface area contributed by atoms with E-state index in [1.165, 1.54) is 18.0 Å². The SMILES string of the molecule is COc1cc(Sc2cnc(N)[nH]c2=O)c(C(C)C)cc1OC. The number of rotatable bonds is 5. The molecular weight excluding hydrogens is 302 g/mol. The third-order valence-corrected chi connectivity index (χ3v) is 4.23. The van der Waals surface area contributed by atoms with Gasteiger partial charge in [0.15, 0.2) is 17.4 Å². The summed E-state index contributed by atoms with van der Waals surface area (Å²) in [4.78, 5) is 19.8. The Bertz CT molecular complexity index is 728. The quantitative estimate of drug-likeness (QED) is 0.880. The molecule has 22 heavy (non-hydrogen) atoms. The second-order valence-electron chi connectivity index (χ2n) is 4.96. The van der Waals surface area contributed by atoms with Crippen LogP contribution in [-0.4, -0.2) is 24.2 Å². The van der Waals surface area contributed by atoms with E-state index in [0.29, 0.717) is 16.4 Å². The average molecular weight is 321 g/mol. The maximum absolute atomic E-state index is 12.0. The van der Waals surface area contributed by atoms with Gasteiger partial charge >= 0.3 is 0 Å². The molecule has 0 saturated carbocycles. The van der Waals surface area contributed by atoms with E-state index in [1.54, 1.807) is 14.2 Å². The van der Waals surface area contributed by atoms with Crippen LogP contribution in [0.15, 0.2) is 32.9 Å². The molecule has 2 aromatic rings. The lowest BCUT2D eigenvalue weighted by molar-refractivity contribution is 0.353. The lowest BCUT2D eigenvalue weighted by Gasteiger charge is -2.16. The molecule has 0 fully saturated rings. The van der Waals surface area contributed by atoms with Crippen molar-refractivity contribution >= 4 is 17.7 Å². The molecule has 1 aromatic heterocycles. The Hall–Kier alpha value is -2.15. The van der Waals surface area contributed by atoms with Gasteiger partial charge in [0, 0.05) is 4.90 Å². The van der Waals surface area contributed by atoms with Crippen molar-refractivity contribution in [3.63, 3.8) is 0 Å². The van der Waals surface area contributed by atoms with E-state index >= 15 is 0 Å². The molecule has 0 amide bonds. The van der Waals surface area contributed by atoms with E-state index in [1.807, 2.05) is 12.1 Å². The van der Waals surface area contributed by atoms with E-state index in [9.17, 15) is 4.79 Å². The van der Waals surface area contributed by atoms with Gasteiger partial charge in [0.25, 0.3) is 5.56 Å². The van der Waals surface area contributed by atoms with Gasteiger partial charge in [-0.3, -0.25) is 9.78 Å². The third kappa shape index (κ3) is 3.36. The molecule has 1 heterocycles. The van der Waals surface area contributed by atoms with Crippen molar-refractivity contribution in [2.24, 2.45) is 0 Å². The monoisotopic (exact) mass is 321 g/mol. The predicted octanol–water partition coefficient (Wildman–Crippen LogP) is 2.64. The molecule has 6 nitrogen and oxygen atoms in total. The molecule has 118 valence electrons. The highest BCUT2D eigenvalue weighted by Crippen LogP contribution is 2.40. The molecule has 0 spiro atoms. The third-order valence-electron chi connectivity index (χ3n) is 3.14. The topological polar surface area (TPSA) is 90.2 Å². The van der Waals surface area contributed by atoms with Crippen LogP contribution >= 0.6 is 11.8 Å². The largest absolute Gasteiger partial charge is 0.493 e. The number of methoxy groups -OCH3 is 2. The number of hydrogen-bond acceptors (Lipinski definition) is 6. The van der Waals surface area contributed by atoms with Gasteiger partial charge in [-0.15, -0.1) is 0 Å². The minimum atomic E-state index is -0.262. The van der Waals surface area contributed by atoms with Gasteiger partial charge in [0.1, 0.15) is 0 Å². The molecule has 0 atom stereocenters. The van der Waals surface area contributed by atoms with Crippen molar-refractivity contribution in [2.75, 3.05) is 20.0 Å². The van der Waals surface area contributed by atoms with Crippen molar-refractivity contribution in [3.8, 4) is 11.5 Å². The number of nitrogens with zero attached hydrogens (tertiary/aromatic N) is 1. The number of aromatic nitrogens is 2. The molecule has 7 heteroatoms. The predicted molar refractivity (Wildman–Crippen MR) is 87.0 cm³/mol. The Morgan fingerprint density at radius 3 is 2.36 bits per heavy atom. The molecule has 0 aliphatic rings. The van der Waals surface area contributed by atoms with E-state index in [2.05, 4.69) is 23.8 Å². The summed E-state index contributed by atoms with van der Waals surface area (Å²) in [6.07, 6.45) is 1.47. The summed E-state index contributed by atoms with van der Waals surface area (Å²) >= 11 is 1.33. The number of anilines is 1. The molecular formula is C15H19N3O3S. The highest BCUT2D eigenvalue weighted by molar-refractivity contribution is 7.99. The van der Waals surface area contributed by atoms with E-state index in [0.717, 1.165) is 10.5 Å². The van der Waals surface area contributed by atoms with Crippen LogP contribution in [0.25, 0.3) is 0 Å². The standard InChI is InChI=1S/C15H19N3O3S/c1-8(2)9-5-10(20-3)11(21-4)6-12(9)22-13-7-17-15(16)18-14(13)19/h5-8H,1-4H3,(H3,16,17,18,19). The lowest BCUT2D eigenvalue weighted by atomic mass is 10.0. The maximum Gasteiger partial charge on any atom is 0.266 e. The van der Waals surface area contributed by atoms with Crippen molar-refractivity contribution in [1.82, 2.24) is 9.97 Å². The van der Waals surface area contributed by atoms with Crippen molar-refractivity contribution < 1.29 is 9.47 Å². The minimum absolute atomic E-state index is 0.103. The first-order valence-corrected chi connectivity index (χ1v) is 7.56. The lowest BCUT2D eigenvalue weighted by Crippen LogP contribution is -2.12. The van der Waals surface area contributed by atoms with Gasteiger partial charge in [-0.2, -0.15) is 0 Å². The van der Waals surface area contributed by atoms with E-state index < -0.39 is 0 Å². The molecule has 0 aliphatic heterocycles. The van der Waals surface area contributed by atoms with Gasteiger partial charge in [-0.25, -0.2) is 4.98 Å². The molecule has 0 saturated heterocycles. The molecule has 1 aromatic carbocycles. The van der Waals surface area contributed by atoms with Crippen LogP contribution in [0, 0.1) is 0 Å². The summed E-state index contributed by atoms with van der Waals surface area (Å²) in [5.41, 5.74) is 6.28. The number of H-pyrrole nitrogens is 1. The molecule has 0 radical (unpaired) electrons. The van der Waals surface area contributed by atoms with Crippen LogP contribution in [-0.2, 0) is 0 Å². The fraction of sp³-hybridized carbons (Fsp3) is 0.333. The number of nitrogens with one attached hydrogen (secondary N) is 1. The highest BCUT2D eigenvalue weighted by atomic mass is 32.2. The fourth-order valence-corrected chi connectivity index (χ4v) is 3.07. The van der Waals surface area contributed by atoms with Gasteiger partial charge in [-0.05, 0) is 23.6 Å². The van der Waals surface area contributed by atoms with Gasteiger partial charge < -0.3 is 15.2 Å². The molecule has 2 rings (SSSR count). The summed E-state index contributed by atoms with van der Waals surface area (Å²) in [5.74, 6) is 1.66. The highest BCUT2D eigenvalue weighted by Gasteiger charge is 2.16. The summed E-state index contributed by atoms with van der Waals surface area (Å²) in [7, 11) is 3.18. The molecule has 3 N–H and O–H groups in total. The molecule has 0 unspecified atom stereocenters. The zero-order valence-corrected chi connectivity index (χ0v) is 13.8. The van der Waals surface area contributed by atoms with Gasteiger partial charge in [-0.1, -0.05) is 25.6 Å². The first kappa shape index (κ1) is 16.2. The Morgan fingerprint density at radius 1 is 1.18 bits per heavy atom. The van der Waals surface area contributed by atoms with Crippen LogP contribution in [0.5, 0.6) is 11.5 Å². The fourth-order valence-electron chi connectivity index (χ4n) is 2.00. The van der Waals surface area contributed by atoms with Crippen molar-refractivity contribution in [2.45, 2.75) is 29.6 Å². The minimum Gasteiger partial charge on any atom is -0.493 e. The second-order valence-corrected chi connectivity index (χ2v) is 6.05. The Morgan fingerprint density at radius 2 is 1.82 bits per heavy atom. The van der Waals surface area contributed by atoms with Crippen LogP contribution in [0.1, 0.15) is 25.3 Å². The van der Waals surface area contributed by atoms with Crippen molar-refractivity contribution in [3.05, 3.63) is 34.2 Å². The molecule has 0 aliphatic carbocycles. The van der Waals surface area contributed by atoms with Gasteiger partial charge in [0.05, 0.1) is 25.3 Å². The number of nitrogen functional groups attached to an aromatic ring is 1. The number of ether oxygens (including phenoxy) is 2. The van der Waals surface area contributed by atoms with Gasteiger partial charge in [0.2, 0.25) is 0 Å². The van der Waals surface area contributed by atoms with Crippen molar-refractivity contribution in [1.29, 1.82) is 0 Å². The first-order chi connectivity index (χ1) is 10.5. The van der Waals surface area contributed by atoms with Crippen LogP contribution in [0.2, 0.25) is 0 Å². The first-order valence-electron chi connectivity index (χ1n) is 6.74. The second kappa shape index (κ2) is 6.74. The summed E-state index contributed by atoms with van der Waals surface area (Å²) < 4.78 is 10.7. The van der Waals surface area contributed by atoms with E-state index in [4.69, 9.17) is 15.2 Å². The number of hydrogen-bond donors (Lipinski definition) is 2. The van der Waals surface area contributed by atoms with E-state index in [-0.39, 0.29) is 17.4 Å². The Balaban J connectivity index is 2.50. The van der Waals surface area contributed by atoms with Crippen LogP contribution in [0.4, 0.5) is 5.95 Å². The molecule has 0 bridgehead atoms. The maximum atomic E-state index is 12.0. The summed E-state index contributed by atoms with van der Waals surface area (Å²) in [5, 5.41) is 0. The zero-order valence-electron chi connectivity index (χ0n) is 13.0. The number of benzene rings is 1. The summed E-state index contributed by atoms with van der Waals surface area (Å²) in [6, 6.07) is 3.80. The Kier molecular flexibility index (Phi) is 4.97. The average Bonchev–Trinajstić information content (AvgIpc) is 2.49. The normalized spacial score (nSPS) is 10.8. The van der Waals surface area contributed by atoms with Crippen LogP contribution < -0.4 is 20.8 Å².